The van der Waals surface area contributed by atoms with Crippen LogP contribution >= 0.6 is 11.8 Å². The van der Waals surface area contributed by atoms with Crippen molar-refractivity contribution in [2.75, 3.05) is 12.4 Å². The van der Waals surface area contributed by atoms with E-state index in [-0.39, 0.29) is 12.0 Å². The molecule has 4 N–H and O–H groups in total. The van der Waals surface area contributed by atoms with Gasteiger partial charge in [0, 0.05) is 0 Å². The van der Waals surface area contributed by atoms with Crippen molar-refractivity contribution in [2.45, 2.75) is 62.5 Å². The molecule has 0 aromatic carbocycles. The standard InChI is InChI=1S/C14H26O5S/c1-2-3-4-5-6-7-20-13-10-12(17)11(16)9(8-15)14(10,18)19-13/h9-13,15-18H,2-8H2,1H3. The predicted molar refractivity (Wildman–Crippen MR) is 77.1 cm³/mol. The molecule has 0 aromatic rings. The van der Waals surface area contributed by atoms with E-state index in [9.17, 15) is 20.4 Å². The molecular formula is C14H26O5S. The summed E-state index contributed by atoms with van der Waals surface area (Å²) in [6, 6.07) is 0. The highest BCUT2D eigenvalue weighted by Crippen LogP contribution is 2.55. The first-order valence-electron chi connectivity index (χ1n) is 7.55. The molecule has 1 aliphatic carbocycles. The molecule has 1 aliphatic heterocycles. The zero-order valence-corrected chi connectivity index (χ0v) is 12.8. The average Bonchev–Trinajstić information content (AvgIpc) is 2.54. The van der Waals surface area contributed by atoms with E-state index in [1.807, 2.05) is 0 Å². The van der Waals surface area contributed by atoms with Gasteiger partial charge in [0.1, 0.15) is 5.44 Å². The number of thioether (sulfide) groups is 1. The molecule has 1 saturated carbocycles. The number of hydrogen-bond acceptors (Lipinski definition) is 6. The van der Waals surface area contributed by atoms with E-state index >= 15 is 0 Å². The molecule has 2 aliphatic rings. The minimum Gasteiger partial charge on any atom is -0.396 e. The average molecular weight is 306 g/mol. The van der Waals surface area contributed by atoms with E-state index < -0.39 is 29.8 Å². The Kier molecular flexibility index (Phi) is 5.73. The summed E-state index contributed by atoms with van der Waals surface area (Å²) in [6.07, 6.45) is 3.86. The van der Waals surface area contributed by atoms with Gasteiger partial charge in [-0.2, -0.15) is 0 Å². The van der Waals surface area contributed by atoms with Crippen molar-refractivity contribution in [3.05, 3.63) is 0 Å². The van der Waals surface area contributed by atoms with Crippen LogP contribution in [-0.2, 0) is 4.74 Å². The van der Waals surface area contributed by atoms with Gasteiger partial charge in [0.05, 0.1) is 30.7 Å². The lowest BCUT2D eigenvalue weighted by Crippen LogP contribution is -2.61. The summed E-state index contributed by atoms with van der Waals surface area (Å²) >= 11 is 1.58. The molecule has 0 aromatic heterocycles. The van der Waals surface area contributed by atoms with Crippen molar-refractivity contribution >= 4 is 11.8 Å². The smallest absolute Gasteiger partial charge is 0.183 e. The highest BCUT2D eigenvalue weighted by molar-refractivity contribution is 7.99. The summed E-state index contributed by atoms with van der Waals surface area (Å²) in [5.74, 6) is -1.96. The van der Waals surface area contributed by atoms with Crippen LogP contribution in [0.1, 0.15) is 39.0 Å². The van der Waals surface area contributed by atoms with Crippen molar-refractivity contribution in [2.24, 2.45) is 11.8 Å². The Labute approximate surface area is 124 Å². The van der Waals surface area contributed by atoms with Crippen LogP contribution in [0.4, 0.5) is 0 Å². The van der Waals surface area contributed by atoms with Crippen molar-refractivity contribution in [1.82, 2.24) is 0 Å². The third kappa shape index (κ3) is 2.87. The quantitative estimate of drug-likeness (QED) is 0.494. The largest absolute Gasteiger partial charge is 0.396 e. The predicted octanol–water partition coefficient (Wildman–Crippen LogP) is 0.695. The van der Waals surface area contributed by atoms with Crippen LogP contribution in [0.5, 0.6) is 0 Å². The summed E-state index contributed by atoms with van der Waals surface area (Å²) in [5, 5.41) is 39.3. The van der Waals surface area contributed by atoms with Gasteiger partial charge in [0.15, 0.2) is 5.79 Å². The summed E-state index contributed by atoms with van der Waals surface area (Å²) in [5.41, 5.74) is -0.285. The van der Waals surface area contributed by atoms with Crippen LogP contribution in [0.2, 0.25) is 0 Å². The summed E-state index contributed by atoms with van der Waals surface area (Å²) < 4.78 is 5.46. The number of fused-ring (bicyclic) bond motifs is 1. The molecule has 0 amide bonds. The lowest BCUT2D eigenvalue weighted by molar-refractivity contribution is -0.355. The van der Waals surface area contributed by atoms with Crippen LogP contribution in [-0.4, -0.2) is 56.2 Å². The Bertz CT molecular complexity index is 316. The first kappa shape index (κ1) is 16.5. The fourth-order valence-corrected chi connectivity index (χ4v) is 4.57. The molecular weight excluding hydrogens is 280 g/mol. The molecule has 2 rings (SSSR count). The van der Waals surface area contributed by atoms with Crippen molar-refractivity contribution in [3.63, 3.8) is 0 Å². The molecule has 1 heterocycles. The van der Waals surface area contributed by atoms with Crippen LogP contribution in [0.3, 0.4) is 0 Å². The van der Waals surface area contributed by atoms with Gasteiger partial charge in [0.2, 0.25) is 0 Å². The maximum absolute atomic E-state index is 10.3. The van der Waals surface area contributed by atoms with E-state index in [0.29, 0.717) is 0 Å². The Morgan fingerprint density at radius 1 is 1.10 bits per heavy atom. The minimum atomic E-state index is -1.56. The van der Waals surface area contributed by atoms with E-state index in [2.05, 4.69) is 6.92 Å². The van der Waals surface area contributed by atoms with Crippen molar-refractivity contribution < 1.29 is 25.2 Å². The molecule has 1 saturated heterocycles. The van der Waals surface area contributed by atoms with E-state index in [1.165, 1.54) is 25.7 Å². The van der Waals surface area contributed by atoms with Gasteiger partial charge in [0.25, 0.3) is 0 Å². The Balaban J connectivity index is 1.75. The minimum absolute atomic E-state index is 0.285. The Morgan fingerprint density at radius 3 is 2.45 bits per heavy atom. The number of aliphatic hydroxyl groups is 4. The van der Waals surface area contributed by atoms with Crippen LogP contribution < -0.4 is 0 Å². The highest BCUT2D eigenvalue weighted by atomic mass is 32.2. The molecule has 0 radical (unpaired) electrons. The van der Waals surface area contributed by atoms with Gasteiger partial charge in [-0.3, -0.25) is 0 Å². The first-order chi connectivity index (χ1) is 9.56. The second-order valence-electron chi connectivity index (χ2n) is 5.82. The molecule has 6 unspecified atom stereocenters. The summed E-state index contributed by atoms with van der Waals surface area (Å²) in [4.78, 5) is 0. The van der Waals surface area contributed by atoms with Crippen LogP contribution in [0, 0.1) is 11.8 Å². The molecule has 118 valence electrons. The van der Waals surface area contributed by atoms with E-state index in [0.717, 1.165) is 12.2 Å². The van der Waals surface area contributed by atoms with Crippen molar-refractivity contribution in [1.29, 1.82) is 0 Å². The first-order valence-corrected chi connectivity index (χ1v) is 8.60. The lowest BCUT2D eigenvalue weighted by Gasteiger charge is -2.49. The van der Waals surface area contributed by atoms with Gasteiger partial charge in [-0.1, -0.05) is 32.6 Å². The van der Waals surface area contributed by atoms with Gasteiger partial charge in [-0.25, -0.2) is 0 Å². The second kappa shape index (κ2) is 6.94. The topological polar surface area (TPSA) is 90.2 Å². The van der Waals surface area contributed by atoms with Crippen LogP contribution in [0.15, 0.2) is 0 Å². The number of hydrogen-bond donors (Lipinski definition) is 4. The molecule has 5 nitrogen and oxygen atoms in total. The molecule has 20 heavy (non-hydrogen) atoms. The van der Waals surface area contributed by atoms with E-state index in [4.69, 9.17) is 4.74 Å². The molecule has 2 fully saturated rings. The molecule has 6 heteroatoms. The Morgan fingerprint density at radius 2 is 1.80 bits per heavy atom. The zero-order chi connectivity index (χ0) is 14.8. The van der Waals surface area contributed by atoms with Crippen LogP contribution in [0.25, 0.3) is 0 Å². The molecule has 0 spiro atoms. The highest BCUT2D eigenvalue weighted by Gasteiger charge is 2.70. The summed E-state index contributed by atoms with van der Waals surface area (Å²) in [6.45, 7) is 1.79. The van der Waals surface area contributed by atoms with E-state index in [1.54, 1.807) is 11.8 Å². The molecule has 6 atom stereocenters. The number of ether oxygens (including phenoxy) is 1. The Hall–Kier alpha value is 0.150. The third-order valence-corrected chi connectivity index (χ3v) is 5.71. The monoisotopic (exact) mass is 306 g/mol. The second-order valence-corrected chi connectivity index (χ2v) is 7.03. The van der Waals surface area contributed by atoms with Crippen molar-refractivity contribution in [3.8, 4) is 0 Å². The van der Waals surface area contributed by atoms with Gasteiger partial charge in [-0.05, 0) is 12.2 Å². The lowest BCUT2D eigenvalue weighted by atomic mass is 9.91. The summed E-state index contributed by atoms with van der Waals surface area (Å²) in [7, 11) is 0. The van der Waals surface area contributed by atoms with Gasteiger partial charge >= 0.3 is 0 Å². The zero-order valence-electron chi connectivity index (χ0n) is 11.9. The normalized spacial score (nSPS) is 43.4. The SMILES string of the molecule is CCCCCCCSC1OC2(O)C(CO)C(O)C(O)C12. The maximum Gasteiger partial charge on any atom is 0.183 e. The van der Waals surface area contributed by atoms with Gasteiger partial charge in [-0.15, -0.1) is 11.8 Å². The molecule has 0 bridgehead atoms. The third-order valence-electron chi connectivity index (χ3n) is 4.46. The fourth-order valence-electron chi connectivity index (χ4n) is 3.18. The number of unbranched alkanes of at least 4 members (excludes halogenated alkanes) is 4. The maximum atomic E-state index is 10.3. The fraction of sp³-hybridized carbons (Fsp3) is 1.00. The number of rotatable bonds is 8. The van der Waals surface area contributed by atoms with Gasteiger partial charge < -0.3 is 25.2 Å². The number of aliphatic hydroxyl groups excluding tert-OH is 3.